The van der Waals surface area contributed by atoms with Gasteiger partial charge < -0.3 is 10.4 Å². The smallest absolute Gasteiger partial charge is 0.251 e. The van der Waals surface area contributed by atoms with Crippen LogP contribution in [0.1, 0.15) is 65.6 Å². The summed E-state index contributed by atoms with van der Waals surface area (Å²) in [5.41, 5.74) is 3.19. The number of benzene rings is 1. The lowest BCUT2D eigenvalue weighted by molar-refractivity contribution is 0.0246. The van der Waals surface area contributed by atoms with Crippen molar-refractivity contribution in [1.82, 2.24) is 5.32 Å². The molecule has 1 aromatic carbocycles. The van der Waals surface area contributed by atoms with Gasteiger partial charge in [-0.15, -0.1) is 0 Å². The number of nitrogens with one attached hydrogen (secondary N) is 1. The van der Waals surface area contributed by atoms with Gasteiger partial charge in [-0.25, -0.2) is 0 Å². The second-order valence-corrected chi connectivity index (χ2v) is 6.59. The van der Waals surface area contributed by atoms with Gasteiger partial charge in [-0.3, -0.25) is 4.79 Å². The normalized spacial score (nSPS) is 18.1. The fourth-order valence-corrected chi connectivity index (χ4v) is 3.43. The molecule has 0 heterocycles. The van der Waals surface area contributed by atoms with E-state index >= 15 is 0 Å². The Bertz CT molecular complexity index is 491. The monoisotopic (exact) mass is 289 g/mol. The highest BCUT2D eigenvalue weighted by atomic mass is 16.3. The SMILES string of the molecule is Cc1cc(C)c(C(=O)NCC2(O)CCCCCC2)c(C)c1. The molecular weight excluding hydrogens is 262 g/mol. The minimum Gasteiger partial charge on any atom is -0.388 e. The molecule has 0 unspecified atom stereocenters. The molecule has 1 amide bonds. The van der Waals surface area contributed by atoms with Crippen molar-refractivity contribution >= 4 is 5.91 Å². The molecule has 2 rings (SSSR count). The quantitative estimate of drug-likeness (QED) is 0.838. The van der Waals surface area contributed by atoms with E-state index < -0.39 is 5.60 Å². The van der Waals surface area contributed by atoms with Crippen molar-refractivity contribution in [2.75, 3.05) is 6.54 Å². The standard InChI is InChI=1S/C18H27NO2/c1-13-10-14(2)16(15(3)11-13)17(20)19-12-18(21)8-6-4-5-7-9-18/h10-11,21H,4-9,12H2,1-3H3,(H,19,20). The fraction of sp³-hybridized carbons (Fsp3) is 0.611. The third kappa shape index (κ3) is 4.07. The maximum atomic E-state index is 12.4. The van der Waals surface area contributed by atoms with Crippen LogP contribution in [0.3, 0.4) is 0 Å². The summed E-state index contributed by atoms with van der Waals surface area (Å²) >= 11 is 0. The van der Waals surface area contributed by atoms with Crippen molar-refractivity contribution in [3.63, 3.8) is 0 Å². The number of rotatable bonds is 3. The molecule has 1 aliphatic carbocycles. The first-order valence-corrected chi connectivity index (χ1v) is 8.00. The van der Waals surface area contributed by atoms with Gasteiger partial charge in [-0.1, -0.05) is 43.4 Å². The number of aryl methyl sites for hydroxylation is 3. The van der Waals surface area contributed by atoms with Gasteiger partial charge in [0, 0.05) is 12.1 Å². The van der Waals surface area contributed by atoms with Gasteiger partial charge in [-0.2, -0.15) is 0 Å². The minimum atomic E-state index is -0.724. The van der Waals surface area contributed by atoms with E-state index in [1.807, 2.05) is 32.9 Å². The van der Waals surface area contributed by atoms with Crippen LogP contribution in [0.2, 0.25) is 0 Å². The summed E-state index contributed by atoms with van der Waals surface area (Å²) in [4.78, 5) is 12.4. The first-order valence-electron chi connectivity index (χ1n) is 8.00. The Hall–Kier alpha value is -1.35. The van der Waals surface area contributed by atoms with Crippen LogP contribution in [-0.2, 0) is 0 Å². The number of amides is 1. The minimum absolute atomic E-state index is 0.0670. The summed E-state index contributed by atoms with van der Waals surface area (Å²) in [6.07, 6.45) is 6.06. The molecular formula is C18H27NO2. The molecule has 1 saturated carbocycles. The van der Waals surface area contributed by atoms with Crippen molar-refractivity contribution in [2.45, 2.75) is 64.9 Å². The Morgan fingerprint density at radius 1 is 1.10 bits per heavy atom. The van der Waals surface area contributed by atoms with Crippen LogP contribution < -0.4 is 5.32 Å². The lowest BCUT2D eigenvalue weighted by atomic mass is 9.94. The number of hydrogen-bond acceptors (Lipinski definition) is 2. The second kappa shape index (κ2) is 6.61. The van der Waals surface area contributed by atoms with Crippen molar-refractivity contribution in [3.05, 3.63) is 34.4 Å². The highest BCUT2D eigenvalue weighted by Crippen LogP contribution is 2.26. The highest BCUT2D eigenvalue weighted by molar-refractivity contribution is 5.97. The Kier molecular flexibility index (Phi) is 5.04. The maximum Gasteiger partial charge on any atom is 0.251 e. The zero-order valence-corrected chi connectivity index (χ0v) is 13.5. The van der Waals surface area contributed by atoms with Crippen LogP contribution in [0.25, 0.3) is 0 Å². The Labute approximate surface area is 127 Å². The number of carbonyl (C=O) groups is 1. The molecule has 1 fully saturated rings. The molecule has 3 heteroatoms. The van der Waals surface area contributed by atoms with Crippen LogP contribution in [-0.4, -0.2) is 23.2 Å². The van der Waals surface area contributed by atoms with Gasteiger partial charge in [0.15, 0.2) is 0 Å². The van der Waals surface area contributed by atoms with Gasteiger partial charge in [-0.05, 0) is 44.7 Å². The zero-order valence-electron chi connectivity index (χ0n) is 13.5. The van der Waals surface area contributed by atoms with Gasteiger partial charge in [0.25, 0.3) is 5.91 Å². The molecule has 0 atom stereocenters. The van der Waals surface area contributed by atoms with E-state index in [0.717, 1.165) is 42.4 Å². The van der Waals surface area contributed by atoms with E-state index in [0.29, 0.717) is 6.54 Å². The topological polar surface area (TPSA) is 49.3 Å². The molecule has 0 aliphatic heterocycles. The number of hydrogen-bond donors (Lipinski definition) is 2. The van der Waals surface area contributed by atoms with Crippen molar-refractivity contribution in [1.29, 1.82) is 0 Å². The average molecular weight is 289 g/mol. The Morgan fingerprint density at radius 3 is 2.14 bits per heavy atom. The van der Waals surface area contributed by atoms with E-state index in [-0.39, 0.29) is 5.91 Å². The third-order valence-corrected chi connectivity index (χ3v) is 4.52. The van der Waals surface area contributed by atoms with Crippen molar-refractivity contribution in [2.24, 2.45) is 0 Å². The molecule has 0 spiro atoms. The van der Waals surface area contributed by atoms with Crippen LogP contribution >= 0.6 is 0 Å². The Balaban J connectivity index is 2.05. The lowest BCUT2D eigenvalue weighted by Crippen LogP contribution is -2.42. The molecule has 0 bridgehead atoms. The van der Waals surface area contributed by atoms with E-state index in [9.17, 15) is 9.90 Å². The molecule has 0 saturated heterocycles. The summed E-state index contributed by atoms with van der Waals surface area (Å²) in [7, 11) is 0. The Morgan fingerprint density at radius 2 is 1.62 bits per heavy atom. The van der Waals surface area contributed by atoms with E-state index in [2.05, 4.69) is 5.32 Å². The first kappa shape index (κ1) is 16.0. The fourth-order valence-electron chi connectivity index (χ4n) is 3.43. The van der Waals surface area contributed by atoms with Crippen molar-refractivity contribution < 1.29 is 9.90 Å². The molecule has 1 aromatic rings. The van der Waals surface area contributed by atoms with E-state index in [1.54, 1.807) is 0 Å². The third-order valence-electron chi connectivity index (χ3n) is 4.52. The van der Waals surface area contributed by atoms with Crippen LogP contribution in [0, 0.1) is 20.8 Å². The number of carbonyl (C=O) groups excluding carboxylic acids is 1. The second-order valence-electron chi connectivity index (χ2n) is 6.59. The van der Waals surface area contributed by atoms with Gasteiger partial charge in [0.05, 0.1) is 5.60 Å². The zero-order chi connectivity index (χ0) is 15.5. The molecule has 3 nitrogen and oxygen atoms in total. The van der Waals surface area contributed by atoms with Crippen LogP contribution in [0.4, 0.5) is 0 Å². The van der Waals surface area contributed by atoms with Gasteiger partial charge in [0.2, 0.25) is 0 Å². The molecule has 1 aliphatic rings. The maximum absolute atomic E-state index is 12.4. The van der Waals surface area contributed by atoms with Gasteiger partial charge >= 0.3 is 0 Å². The summed E-state index contributed by atoms with van der Waals surface area (Å²) in [5.74, 6) is -0.0670. The molecule has 0 radical (unpaired) electrons. The first-order chi connectivity index (χ1) is 9.91. The summed E-state index contributed by atoms with van der Waals surface area (Å²) < 4.78 is 0. The van der Waals surface area contributed by atoms with Crippen LogP contribution in [0.5, 0.6) is 0 Å². The van der Waals surface area contributed by atoms with Crippen LogP contribution in [0.15, 0.2) is 12.1 Å². The largest absolute Gasteiger partial charge is 0.388 e. The predicted octanol–water partition coefficient (Wildman–Crippen LogP) is 3.43. The van der Waals surface area contributed by atoms with E-state index in [4.69, 9.17) is 0 Å². The summed E-state index contributed by atoms with van der Waals surface area (Å²) in [6.45, 7) is 6.33. The van der Waals surface area contributed by atoms with Gasteiger partial charge in [0.1, 0.15) is 0 Å². The van der Waals surface area contributed by atoms with E-state index in [1.165, 1.54) is 18.4 Å². The lowest BCUT2D eigenvalue weighted by Gasteiger charge is -2.27. The molecule has 2 N–H and O–H groups in total. The predicted molar refractivity (Wildman–Crippen MR) is 85.6 cm³/mol. The molecule has 0 aromatic heterocycles. The molecule has 116 valence electrons. The summed E-state index contributed by atoms with van der Waals surface area (Å²) in [5, 5.41) is 13.6. The summed E-state index contributed by atoms with van der Waals surface area (Å²) in [6, 6.07) is 4.06. The highest BCUT2D eigenvalue weighted by Gasteiger charge is 2.28. The number of aliphatic hydroxyl groups is 1. The van der Waals surface area contributed by atoms with Crippen molar-refractivity contribution in [3.8, 4) is 0 Å². The molecule has 21 heavy (non-hydrogen) atoms. The average Bonchev–Trinajstić information content (AvgIpc) is 2.61.